The maximum Gasteiger partial charge on any atom is 0.418 e. The molecule has 0 saturated heterocycles. The molecule has 0 aliphatic heterocycles. The highest BCUT2D eigenvalue weighted by Crippen LogP contribution is 2.38. The summed E-state index contributed by atoms with van der Waals surface area (Å²) in [5.41, 5.74) is -1.87. The Hall–Kier alpha value is -1.48. The second-order valence-electron chi connectivity index (χ2n) is 5.63. The molecule has 1 amide bonds. The van der Waals surface area contributed by atoms with Crippen LogP contribution in [0, 0.1) is 5.92 Å². The molecule has 0 bridgehead atoms. The molecule has 1 N–H and O–H groups in total. The van der Waals surface area contributed by atoms with E-state index in [4.69, 9.17) is 11.6 Å². The number of hydrogen-bond acceptors (Lipinski definition) is 3. The normalized spacial score (nSPS) is 12.3. The lowest BCUT2D eigenvalue weighted by Gasteiger charge is -2.25. The first-order chi connectivity index (χ1) is 10.8. The van der Waals surface area contributed by atoms with Gasteiger partial charge in [0.05, 0.1) is 17.5 Å². The molecule has 0 aliphatic rings. The molecule has 1 rings (SSSR count). The van der Waals surface area contributed by atoms with Crippen LogP contribution in [0.2, 0.25) is 5.02 Å². The predicted octanol–water partition coefficient (Wildman–Crippen LogP) is 2.90. The van der Waals surface area contributed by atoms with E-state index >= 15 is 0 Å². The Morgan fingerprint density at radius 2 is 1.92 bits per heavy atom. The molecule has 5 nitrogen and oxygen atoms in total. The quantitative estimate of drug-likeness (QED) is 0.817. The van der Waals surface area contributed by atoms with Crippen LogP contribution in [0.25, 0.3) is 0 Å². The number of rotatable bonds is 6. The van der Waals surface area contributed by atoms with Crippen molar-refractivity contribution in [1.82, 2.24) is 5.32 Å². The van der Waals surface area contributed by atoms with E-state index in [1.54, 1.807) is 0 Å². The minimum absolute atomic E-state index is 0.113. The van der Waals surface area contributed by atoms with E-state index in [9.17, 15) is 26.4 Å². The number of hydrogen-bond donors (Lipinski definition) is 1. The van der Waals surface area contributed by atoms with Crippen LogP contribution < -0.4 is 9.62 Å². The van der Waals surface area contributed by atoms with Crippen molar-refractivity contribution in [3.8, 4) is 0 Å². The average Bonchev–Trinajstić information content (AvgIpc) is 2.40. The van der Waals surface area contributed by atoms with Crippen molar-refractivity contribution in [2.75, 3.05) is 23.7 Å². The number of carbonyl (C=O) groups is 1. The second-order valence-corrected chi connectivity index (χ2v) is 7.97. The molecule has 0 aromatic heterocycles. The summed E-state index contributed by atoms with van der Waals surface area (Å²) in [4.78, 5) is 11.9. The summed E-state index contributed by atoms with van der Waals surface area (Å²) in [7, 11) is -4.12. The zero-order valence-electron chi connectivity index (χ0n) is 13.3. The van der Waals surface area contributed by atoms with E-state index < -0.39 is 39.9 Å². The third kappa shape index (κ3) is 5.86. The fourth-order valence-corrected chi connectivity index (χ4v) is 2.88. The van der Waals surface area contributed by atoms with Gasteiger partial charge < -0.3 is 5.32 Å². The van der Waals surface area contributed by atoms with Crippen molar-refractivity contribution in [2.24, 2.45) is 5.92 Å². The van der Waals surface area contributed by atoms with E-state index in [0.29, 0.717) is 10.4 Å². The molecule has 1 aromatic rings. The van der Waals surface area contributed by atoms with Crippen LogP contribution >= 0.6 is 11.6 Å². The summed E-state index contributed by atoms with van der Waals surface area (Å²) in [6, 6.07) is 2.69. The molecule has 1 aromatic carbocycles. The van der Waals surface area contributed by atoms with Crippen LogP contribution in [0.1, 0.15) is 19.4 Å². The Balaban J connectivity index is 3.27. The van der Waals surface area contributed by atoms with Gasteiger partial charge in [0.1, 0.15) is 6.54 Å². The van der Waals surface area contributed by atoms with Crippen LogP contribution in [0.4, 0.5) is 18.9 Å². The first-order valence-electron chi connectivity index (χ1n) is 6.93. The Labute approximate surface area is 143 Å². The number of anilines is 1. The summed E-state index contributed by atoms with van der Waals surface area (Å²) in [6.07, 6.45) is -4.09. The number of nitrogens with zero attached hydrogens (tertiary/aromatic N) is 1. The molecular weight excluding hydrogens is 369 g/mol. The highest BCUT2D eigenvalue weighted by molar-refractivity contribution is 7.92. The first-order valence-corrected chi connectivity index (χ1v) is 9.16. The van der Waals surface area contributed by atoms with Gasteiger partial charge in [-0.25, -0.2) is 8.42 Å². The Morgan fingerprint density at radius 3 is 2.38 bits per heavy atom. The summed E-state index contributed by atoms with van der Waals surface area (Å²) >= 11 is 5.58. The Bertz CT molecular complexity index is 706. The third-order valence-electron chi connectivity index (χ3n) is 2.93. The standard InChI is InChI=1S/C14H18ClF3N2O3S/c1-9(2)7-19-13(21)8-20(24(3,22)23)12-5-4-10(15)6-11(12)14(16,17)18/h4-6,9H,7-8H2,1-3H3,(H,19,21). The highest BCUT2D eigenvalue weighted by atomic mass is 35.5. The van der Waals surface area contributed by atoms with E-state index in [2.05, 4.69) is 5.32 Å². The monoisotopic (exact) mass is 386 g/mol. The highest BCUT2D eigenvalue weighted by Gasteiger charge is 2.37. The van der Waals surface area contributed by atoms with Gasteiger partial charge in [-0.15, -0.1) is 0 Å². The van der Waals surface area contributed by atoms with Crippen molar-refractivity contribution >= 4 is 33.2 Å². The lowest BCUT2D eigenvalue weighted by molar-refractivity contribution is -0.137. The number of alkyl halides is 3. The van der Waals surface area contributed by atoms with Crippen LogP contribution in [0.5, 0.6) is 0 Å². The van der Waals surface area contributed by atoms with Gasteiger partial charge in [-0.05, 0) is 24.1 Å². The molecule has 0 aliphatic carbocycles. The van der Waals surface area contributed by atoms with Crippen molar-refractivity contribution in [2.45, 2.75) is 20.0 Å². The molecular formula is C14H18ClF3N2O3S. The van der Waals surface area contributed by atoms with E-state index in [1.807, 2.05) is 13.8 Å². The molecule has 0 heterocycles. The summed E-state index contributed by atoms with van der Waals surface area (Å²) in [5, 5.41) is 2.28. The van der Waals surface area contributed by atoms with Crippen LogP contribution in [0.15, 0.2) is 18.2 Å². The van der Waals surface area contributed by atoms with E-state index in [0.717, 1.165) is 18.4 Å². The fraction of sp³-hybridized carbons (Fsp3) is 0.500. The molecule has 0 unspecified atom stereocenters. The predicted molar refractivity (Wildman–Crippen MR) is 86.5 cm³/mol. The van der Waals surface area contributed by atoms with Crippen molar-refractivity contribution < 1.29 is 26.4 Å². The van der Waals surface area contributed by atoms with Gasteiger partial charge >= 0.3 is 6.18 Å². The lowest BCUT2D eigenvalue weighted by Crippen LogP contribution is -2.42. The van der Waals surface area contributed by atoms with Gasteiger partial charge in [-0.2, -0.15) is 13.2 Å². The summed E-state index contributed by atoms with van der Waals surface area (Å²) < 4.78 is 63.8. The Morgan fingerprint density at radius 1 is 1.33 bits per heavy atom. The number of sulfonamides is 1. The van der Waals surface area contributed by atoms with Crippen molar-refractivity contribution in [3.63, 3.8) is 0 Å². The molecule has 0 saturated carbocycles. The zero-order chi connectivity index (χ0) is 18.7. The minimum Gasteiger partial charge on any atom is -0.354 e. The van der Waals surface area contributed by atoms with Crippen LogP contribution in [-0.4, -0.2) is 33.7 Å². The Kier molecular flexibility index (Phi) is 6.52. The van der Waals surface area contributed by atoms with Crippen LogP contribution in [-0.2, 0) is 21.0 Å². The molecule has 0 radical (unpaired) electrons. The lowest BCUT2D eigenvalue weighted by atomic mass is 10.1. The van der Waals surface area contributed by atoms with Crippen molar-refractivity contribution in [1.29, 1.82) is 0 Å². The molecule has 0 spiro atoms. The minimum atomic E-state index is -4.82. The number of halogens is 4. The van der Waals surface area contributed by atoms with E-state index in [-0.39, 0.29) is 17.5 Å². The maximum absolute atomic E-state index is 13.2. The zero-order valence-corrected chi connectivity index (χ0v) is 14.9. The molecule has 0 atom stereocenters. The summed E-state index contributed by atoms with van der Waals surface area (Å²) in [5.74, 6) is -0.584. The van der Waals surface area contributed by atoms with Gasteiger partial charge in [0.25, 0.3) is 0 Å². The second kappa shape index (κ2) is 7.60. The molecule has 24 heavy (non-hydrogen) atoms. The summed E-state index contributed by atoms with van der Waals surface area (Å²) in [6.45, 7) is 3.19. The number of amides is 1. The number of nitrogens with one attached hydrogen (secondary N) is 1. The number of benzene rings is 1. The largest absolute Gasteiger partial charge is 0.418 e. The smallest absolute Gasteiger partial charge is 0.354 e. The number of carbonyl (C=O) groups excluding carboxylic acids is 1. The van der Waals surface area contributed by atoms with Gasteiger partial charge in [0, 0.05) is 11.6 Å². The maximum atomic E-state index is 13.2. The first kappa shape index (κ1) is 20.6. The van der Waals surface area contributed by atoms with Gasteiger partial charge in [0.2, 0.25) is 15.9 Å². The fourth-order valence-electron chi connectivity index (χ4n) is 1.84. The molecule has 10 heteroatoms. The van der Waals surface area contributed by atoms with E-state index in [1.165, 1.54) is 0 Å². The van der Waals surface area contributed by atoms with Gasteiger partial charge in [0.15, 0.2) is 0 Å². The molecule has 0 fully saturated rings. The topological polar surface area (TPSA) is 66.5 Å². The SMILES string of the molecule is CC(C)CNC(=O)CN(c1ccc(Cl)cc1C(F)(F)F)S(C)(=O)=O. The molecule has 136 valence electrons. The van der Waals surface area contributed by atoms with Gasteiger partial charge in [-0.3, -0.25) is 9.10 Å². The third-order valence-corrected chi connectivity index (χ3v) is 4.29. The van der Waals surface area contributed by atoms with Crippen molar-refractivity contribution in [3.05, 3.63) is 28.8 Å². The van der Waals surface area contributed by atoms with Crippen LogP contribution in [0.3, 0.4) is 0 Å². The average molecular weight is 387 g/mol. The van der Waals surface area contributed by atoms with Gasteiger partial charge in [-0.1, -0.05) is 25.4 Å².